The van der Waals surface area contributed by atoms with E-state index in [0.29, 0.717) is 19.5 Å². The van der Waals surface area contributed by atoms with E-state index in [1.165, 1.54) is 0 Å². The monoisotopic (exact) mass is 500 g/mol. The zero-order valence-corrected chi connectivity index (χ0v) is 22.1. The van der Waals surface area contributed by atoms with Crippen molar-refractivity contribution < 1.29 is 28.5 Å². The first-order chi connectivity index (χ1) is 17.1. The third-order valence-corrected chi connectivity index (χ3v) is 5.70. The Kier molecular flexibility index (Phi) is 11.4. The van der Waals surface area contributed by atoms with E-state index >= 15 is 0 Å². The Balaban J connectivity index is 2.06. The van der Waals surface area contributed by atoms with E-state index in [1.807, 2.05) is 48.5 Å². The molecule has 0 aliphatic rings. The fraction of sp³-hybridized carbons (Fsp3) is 0.500. The minimum atomic E-state index is -0.875. The molecule has 8 heteroatoms. The van der Waals surface area contributed by atoms with E-state index in [2.05, 4.69) is 20.8 Å². The molecule has 0 saturated heterocycles. The van der Waals surface area contributed by atoms with E-state index in [-0.39, 0.29) is 12.0 Å². The number of unbranched alkanes of at least 4 members (excludes halogenated alkanes) is 1. The molecule has 8 nitrogen and oxygen atoms in total. The molecule has 0 spiro atoms. The van der Waals surface area contributed by atoms with Crippen LogP contribution in [0.1, 0.15) is 57.6 Å². The number of rotatable bonds is 13. The summed E-state index contributed by atoms with van der Waals surface area (Å²) in [6.45, 7) is 7.17. The maximum Gasteiger partial charge on any atom is 0.410 e. The quantitative estimate of drug-likeness (QED) is 0.343. The molecule has 2 aromatic rings. The third-order valence-electron chi connectivity index (χ3n) is 5.70. The molecule has 2 aromatic carbocycles. The lowest BCUT2D eigenvalue weighted by atomic mass is 9.89. The van der Waals surface area contributed by atoms with Gasteiger partial charge in [0, 0.05) is 13.1 Å². The first kappa shape index (κ1) is 28.8. The summed E-state index contributed by atoms with van der Waals surface area (Å²) in [5.41, 5.74) is 7.33. The van der Waals surface area contributed by atoms with Crippen LogP contribution in [0.4, 0.5) is 9.59 Å². The number of benzene rings is 2. The topological polar surface area (TPSA) is 100 Å². The van der Waals surface area contributed by atoms with E-state index in [0.717, 1.165) is 41.9 Å². The van der Waals surface area contributed by atoms with Crippen molar-refractivity contribution in [1.29, 1.82) is 0 Å². The Morgan fingerprint density at radius 1 is 0.861 bits per heavy atom. The molecule has 0 fully saturated rings. The van der Waals surface area contributed by atoms with Gasteiger partial charge < -0.3 is 24.7 Å². The summed E-state index contributed by atoms with van der Waals surface area (Å²) in [6.07, 6.45) is 1.48. The van der Waals surface area contributed by atoms with Gasteiger partial charge in [-0.15, -0.1) is 0 Å². The van der Waals surface area contributed by atoms with Crippen molar-refractivity contribution in [2.45, 2.75) is 65.6 Å². The minimum Gasteiger partial charge on any atom is -0.497 e. The van der Waals surface area contributed by atoms with Gasteiger partial charge >= 0.3 is 12.2 Å². The van der Waals surface area contributed by atoms with Crippen molar-refractivity contribution in [3.05, 3.63) is 59.7 Å². The van der Waals surface area contributed by atoms with Crippen molar-refractivity contribution in [1.82, 2.24) is 4.90 Å². The number of methoxy groups -OCH3 is 2. The van der Waals surface area contributed by atoms with Crippen molar-refractivity contribution in [3.63, 3.8) is 0 Å². The van der Waals surface area contributed by atoms with Crippen molar-refractivity contribution in [2.24, 2.45) is 11.1 Å². The number of hydrogen-bond donors (Lipinski definition) is 1. The second kappa shape index (κ2) is 14.2. The molecule has 2 rings (SSSR count). The van der Waals surface area contributed by atoms with Gasteiger partial charge in [-0.3, -0.25) is 4.90 Å². The summed E-state index contributed by atoms with van der Waals surface area (Å²) in [6, 6.07) is 15.0. The number of ether oxygens (including phenoxy) is 4. The summed E-state index contributed by atoms with van der Waals surface area (Å²) in [5.74, 6) is 1.47. The van der Waals surface area contributed by atoms with Crippen LogP contribution in [-0.2, 0) is 22.6 Å². The van der Waals surface area contributed by atoms with E-state index < -0.39 is 18.3 Å². The van der Waals surface area contributed by atoms with Crippen molar-refractivity contribution in [2.75, 3.05) is 20.8 Å². The molecule has 0 saturated carbocycles. The summed E-state index contributed by atoms with van der Waals surface area (Å²) in [7, 11) is 3.21. The summed E-state index contributed by atoms with van der Waals surface area (Å²) in [5, 5.41) is 0. The Morgan fingerprint density at radius 2 is 1.36 bits per heavy atom. The molecule has 0 heterocycles. The Hall–Kier alpha value is -3.42. The maximum absolute atomic E-state index is 13.1. The van der Waals surface area contributed by atoms with E-state index in [9.17, 15) is 9.59 Å². The van der Waals surface area contributed by atoms with Gasteiger partial charge in [0.15, 0.2) is 0 Å². The standard InChI is InChI=1S/C28H40N2O6/c1-28(2,3)17-7-6-8-25(36-26(29)31)20-35-27(32)30(18-21-9-13-23(33-4)14-10-21)19-22-11-15-24(34-5)16-12-22/h9-16,25H,6-8,17-20H2,1-5H3,(H2,29,31)/t25-/m0/s1. The predicted molar refractivity (Wildman–Crippen MR) is 139 cm³/mol. The number of primary amides is 1. The highest BCUT2D eigenvalue weighted by Gasteiger charge is 2.21. The van der Waals surface area contributed by atoms with Crippen LogP contribution in [-0.4, -0.2) is 44.0 Å². The molecule has 198 valence electrons. The molecule has 0 bridgehead atoms. The molecular formula is C28H40N2O6. The summed E-state index contributed by atoms with van der Waals surface area (Å²) in [4.78, 5) is 26.1. The first-order valence-electron chi connectivity index (χ1n) is 12.2. The van der Waals surface area contributed by atoms with Crippen LogP contribution in [0.3, 0.4) is 0 Å². The normalized spacial score (nSPS) is 11.9. The average molecular weight is 501 g/mol. The molecule has 2 amide bonds. The molecule has 36 heavy (non-hydrogen) atoms. The van der Waals surface area contributed by atoms with Crippen molar-refractivity contribution >= 4 is 12.2 Å². The molecule has 0 radical (unpaired) electrons. The van der Waals surface area contributed by atoms with Gasteiger partial charge in [-0.05, 0) is 60.1 Å². The third kappa shape index (κ3) is 10.9. The smallest absolute Gasteiger partial charge is 0.410 e. The molecule has 0 aliphatic carbocycles. The second-order valence-corrected chi connectivity index (χ2v) is 9.99. The van der Waals surface area contributed by atoms with Gasteiger partial charge in [-0.2, -0.15) is 0 Å². The van der Waals surface area contributed by atoms with Crippen molar-refractivity contribution in [3.8, 4) is 11.5 Å². The van der Waals surface area contributed by atoms with Crippen LogP contribution in [0, 0.1) is 5.41 Å². The lowest BCUT2D eigenvalue weighted by Gasteiger charge is -2.24. The van der Waals surface area contributed by atoms with Gasteiger partial charge in [0.1, 0.15) is 24.2 Å². The van der Waals surface area contributed by atoms with Crippen LogP contribution < -0.4 is 15.2 Å². The second-order valence-electron chi connectivity index (χ2n) is 9.99. The molecule has 0 aromatic heterocycles. The van der Waals surface area contributed by atoms with E-state index in [4.69, 9.17) is 24.7 Å². The highest BCUT2D eigenvalue weighted by atomic mass is 16.6. The Labute approximate surface area is 214 Å². The van der Waals surface area contributed by atoms with Crippen LogP contribution in [0.2, 0.25) is 0 Å². The number of nitrogens with zero attached hydrogens (tertiary/aromatic N) is 1. The molecular weight excluding hydrogens is 460 g/mol. The van der Waals surface area contributed by atoms with Gasteiger partial charge in [0.25, 0.3) is 0 Å². The fourth-order valence-electron chi connectivity index (χ4n) is 3.71. The Bertz CT molecular complexity index is 889. The molecule has 0 aliphatic heterocycles. The van der Waals surface area contributed by atoms with Gasteiger partial charge in [0.05, 0.1) is 14.2 Å². The SMILES string of the molecule is COc1ccc(CN(Cc2ccc(OC)cc2)C(=O)OC[C@H](CCCCC(C)(C)C)OC(N)=O)cc1. The van der Waals surface area contributed by atoms with Gasteiger partial charge in [0.2, 0.25) is 0 Å². The number of hydrogen-bond acceptors (Lipinski definition) is 6. The summed E-state index contributed by atoms with van der Waals surface area (Å²) >= 11 is 0. The minimum absolute atomic E-state index is 0.0565. The first-order valence-corrected chi connectivity index (χ1v) is 12.2. The lowest BCUT2D eigenvalue weighted by Crippen LogP contribution is -2.34. The zero-order valence-electron chi connectivity index (χ0n) is 22.1. The van der Waals surface area contributed by atoms with Crippen LogP contribution >= 0.6 is 0 Å². The number of amides is 2. The highest BCUT2D eigenvalue weighted by Crippen LogP contribution is 2.23. The average Bonchev–Trinajstić information content (AvgIpc) is 2.84. The fourth-order valence-corrected chi connectivity index (χ4v) is 3.71. The predicted octanol–water partition coefficient (Wildman–Crippen LogP) is 5.91. The van der Waals surface area contributed by atoms with Crippen LogP contribution in [0.15, 0.2) is 48.5 Å². The Morgan fingerprint density at radius 3 is 1.78 bits per heavy atom. The molecule has 2 N–H and O–H groups in total. The maximum atomic E-state index is 13.1. The van der Waals surface area contributed by atoms with Gasteiger partial charge in [-0.1, -0.05) is 51.5 Å². The van der Waals surface area contributed by atoms with Gasteiger partial charge in [-0.25, -0.2) is 9.59 Å². The number of carbonyl (C=O) groups excluding carboxylic acids is 2. The summed E-state index contributed by atoms with van der Waals surface area (Å²) < 4.78 is 21.3. The molecule has 1 atom stereocenters. The number of carbonyl (C=O) groups is 2. The lowest BCUT2D eigenvalue weighted by molar-refractivity contribution is 0.0280. The highest BCUT2D eigenvalue weighted by molar-refractivity contribution is 5.68. The largest absolute Gasteiger partial charge is 0.497 e. The van der Waals surface area contributed by atoms with E-state index in [1.54, 1.807) is 19.1 Å². The zero-order chi connectivity index (χ0) is 26.6. The van der Waals surface area contributed by atoms with Crippen LogP contribution in [0.5, 0.6) is 11.5 Å². The number of nitrogens with two attached hydrogens (primary N) is 1. The van der Waals surface area contributed by atoms with Crippen LogP contribution in [0.25, 0.3) is 0 Å². The molecule has 0 unspecified atom stereocenters.